The van der Waals surface area contributed by atoms with Gasteiger partial charge in [0.05, 0.1) is 22.3 Å². The predicted octanol–water partition coefficient (Wildman–Crippen LogP) is 1.30. The van der Waals surface area contributed by atoms with Gasteiger partial charge in [0.2, 0.25) is 0 Å². The molecule has 0 bridgehead atoms. The summed E-state index contributed by atoms with van der Waals surface area (Å²) in [5, 5.41) is 8.69. The smallest absolute Gasteiger partial charge is 0.179 e. The Morgan fingerprint density at radius 3 is 2.45 bits per heavy atom. The summed E-state index contributed by atoms with van der Waals surface area (Å²) in [6.45, 7) is 1.95. The zero-order valence-electron chi connectivity index (χ0n) is 11.9. The van der Waals surface area contributed by atoms with Gasteiger partial charge in [-0.25, -0.2) is 8.42 Å². The highest BCUT2D eigenvalue weighted by molar-refractivity contribution is 7.91. The third kappa shape index (κ3) is 5.29. The highest BCUT2D eigenvalue weighted by Crippen LogP contribution is 2.12. The molecule has 110 valence electrons. The number of nitriles is 1. The van der Waals surface area contributed by atoms with Gasteiger partial charge in [0.15, 0.2) is 9.84 Å². The van der Waals surface area contributed by atoms with Gasteiger partial charge in [0.1, 0.15) is 0 Å². The average Bonchev–Trinajstić information content (AvgIpc) is 2.45. The van der Waals surface area contributed by atoms with E-state index in [1.807, 2.05) is 18.0 Å². The molecule has 1 aromatic carbocycles. The van der Waals surface area contributed by atoms with Gasteiger partial charge in [-0.05, 0) is 37.7 Å². The lowest BCUT2D eigenvalue weighted by atomic mass is 10.2. The Morgan fingerprint density at radius 1 is 1.25 bits per heavy atom. The Morgan fingerprint density at radius 2 is 1.90 bits per heavy atom. The first-order chi connectivity index (χ1) is 9.49. The number of hydrogen-bond donors (Lipinski definition) is 0. The van der Waals surface area contributed by atoms with Crippen LogP contribution in [0.2, 0.25) is 0 Å². The molecule has 0 saturated carbocycles. The molecule has 20 heavy (non-hydrogen) atoms. The van der Waals surface area contributed by atoms with Crippen LogP contribution in [0.3, 0.4) is 0 Å². The van der Waals surface area contributed by atoms with Crippen molar-refractivity contribution in [1.29, 1.82) is 5.26 Å². The fourth-order valence-electron chi connectivity index (χ4n) is 1.72. The van der Waals surface area contributed by atoms with Gasteiger partial charge in [-0.1, -0.05) is 0 Å². The van der Waals surface area contributed by atoms with E-state index in [-0.39, 0.29) is 10.6 Å². The lowest BCUT2D eigenvalue weighted by Gasteiger charge is -2.16. The number of hydrogen-bond acceptors (Lipinski definition) is 5. The fourth-order valence-corrected chi connectivity index (χ4v) is 3.06. The summed E-state index contributed by atoms with van der Waals surface area (Å²) in [4.78, 5) is 2.24. The van der Waals surface area contributed by atoms with Crippen LogP contribution in [-0.2, 0) is 14.6 Å². The van der Waals surface area contributed by atoms with E-state index in [4.69, 9.17) is 10.00 Å². The summed E-state index contributed by atoms with van der Waals surface area (Å²) in [6.07, 6.45) is 0.879. The van der Waals surface area contributed by atoms with E-state index in [0.717, 1.165) is 13.0 Å². The van der Waals surface area contributed by atoms with Crippen molar-refractivity contribution >= 4 is 9.84 Å². The summed E-state index contributed by atoms with van der Waals surface area (Å²) in [5.74, 6) is 0.0718. The molecule has 0 fully saturated rings. The van der Waals surface area contributed by atoms with Crippen LogP contribution < -0.4 is 0 Å². The number of methoxy groups -OCH3 is 1. The normalized spacial score (nSPS) is 11.5. The summed E-state index contributed by atoms with van der Waals surface area (Å²) in [7, 11) is 0.248. The maximum atomic E-state index is 12.1. The van der Waals surface area contributed by atoms with Crippen LogP contribution in [0.4, 0.5) is 0 Å². The molecule has 0 heterocycles. The number of ether oxygens (including phenoxy) is 1. The number of sulfone groups is 1. The molecular weight excluding hydrogens is 276 g/mol. The van der Waals surface area contributed by atoms with E-state index in [1.165, 1.54) is 24.3 Å². The summed E-state index contributed by atoms with van der Waals surface area (Å²) in [5.41, 5.74) is 0.459. The van der Waals surface area contributed by atoms with Crippen molar-refractivity contribution in [3.63, 3.8) is 0 Å². The second kappa shape index (κ2) is 8.00. The van der Waals surface area contributed by atoms with Crippen LogP contribution in [0.15, 0.2) is 29.2 Å². The van der Waals surface area contributed by atoms with E-state index < -0.39 is 9.84 Å². The molecule has 0 aliphatic carbocycles. The molecule has 1 aromatic rings. The van der Waals surface area contributed by atoms with Crippen molar-refractivity contribution in [2.75, 3.05) is 39.6 Å². The molecule has 0 aliphatic heterocycles. The second-order valence-electron chi connectivity index (χ2n) is 4.60. The highest BCUT2D eigenvalue weighted by atomic mass is 32.2. The van der Waals surface area contributed by atoms with Crippen molar-refractivity contribution < 1.29 is 13.2 Å². The second-order valence-corrected chi connectivity index (χ2v) is 6.71. The molecule has 5 nitrogen and oxygen atoms in total. The van der Waals surface area contributed by atoms with Gasteiger partial charge in [0.25, 0.3) is 0 Å². The molecule has 0 amide bonds. The summed E-state index contributed by atoms with van der Waals surface area (Å²) >= 11 is 0. The van der Waals surface area contributed by atoms with E-state index >= 15 is 0 Å². The van der Waals surface area contributed by atoms with E-state index in [1.54, 1.807) is 7.11 Å². The highest BCUT2D eigenvalue weighted by Gasteiger charge is 2.15. The lowest BCUT2D eigenvalue weighted by Crippen LogP contribution is -2.27. The van der Waals surface area contributed by atoms with E-state index in [0.29, 0.717) is 18.7 Å². The molecule has 0 spiro atoms. The van der Waals surface area contributed by atoms with Gasteiger partial charge >= 0.3 is 0 Å². The fraction of sp³-hybridized carbons (Fsp3) is 0.500. The Kier molecular flexibility index (Phi) is 6.65. The van der Waals surface area contributed by atoms with Crippen LogP contribution in [0.25, 0.3) is 0 Å². The van der Waals surface area contributed by atoms with Crippen LogP contribution in [0.5, 0.6) is 0 Å². The standard InChI is InChI=1S/C14H20N2O3S/c1-16(8-3-10-19-2)9-11-20(17,18)14-6-4-13(12-15)5-7-14/h4-7H,3,8-11H2,1-2H3. The molecule has 1 rings (SSSR count). The molecule has 0 saturated heterocycles. The first-order valence-electron chi connectivity index (χ1n) is 6.40. The van der Waals surface area contributed by atoms with Crippen LogP contribution in [-0.4, -0.2) is 52.9 Å². The Bertz CT molecular complexity index is 547. The first-order valence-corrected chi connectivity index (χ1v) is 8.05. The van der Waals surface area contributed by atoms with Crippen molar-refractivity contribution in [1.82, 2.24) is 4.90 Å². The summed E-state index contributed by atoms with van der Waals surface area (Å²) in [6, 6.07) is 7.99. The van der Waals surface area contributed by atoms with E-state index in [2.05, 4.69) is 0 Å². The molecule has 0 N–H and O–H groups in total. The zero-order valence-corrected chi connectivity index (χ0v) is 12.7. The largest absolute Gasteiger partial charge is 0.385 e. The molecule has 0 unspecified atom stereocenters. The Hall–Kier alpha value is -1.42. The third-order valence-corrected chi connectivity index (χ3v) is 4.68. The monoisotopic (exact) mass is 296 g/mol. The van der Waals surface area contributed by atoms with Crippen molar-refractivity contribution in [2.45, 2.75) is 11.3 Å². The lowest BCUT2D eigenvalue weighted by molar-refractivity contribution is 0.181. The molecule has 0 atom stereocenters. The predicted molar refractivity (Wildman–Crippen MR) is 77.2 cm³/mol. The zero-order chi connectivity index (χ0) is 15.0. The van der Waals surface area contributed by atoms with Crippen molar-refractivity contribution in [3.05, 3.63) is 29.8 Å². The first kappa shape index (κ1) is 16.6. The van der Waals surface area contributed by atoms with E-state index in [9.17, 15) is 8.42 Å². The van der Waals surface area contributed by atoms with Crippen molar-refractivity contribution in [2.24, 2.45) is 0 Å². The molecule has 0 radical (unpaired) electrons. The quantitative estimate of drug-likeness (QED) is 0.676. The Balaban J connectivity index is 2.54. The average molecular weight is 296 g/mol. The van der Waals surface area contributed by atoms with Gasteiger partial charge in [-0.3, -0.25) is 0 Å². The van der Waals surface area contributed by atoms with Crippen LogP contribution in [0, 0.1) is 11.3 Å². The van der Waals surface area contributed by atoms with Crippen LogP contribution in [0.1, 0.15) is 12.0 Å². The van der Waals surface area contributed by atoms with Gasteiger partial charge in [-0.15, -0.1) is 0 Å². The number of nitrogens with zero attached hydrogens (tertiary/aromatic N) is 2. The maximum absolute atomic E-state index is 12.1. The van der Waals surface area contributed by atoms with Gasteiger partial charge < -0.3 is 9.64 Å². The Labute approximate surface area is 120 Å². The van der Waals surface area contributed by atoms with Gasteiger partial charge in [0, 0.05) is 26.8 Å². The number of rotatable bonds is 8. The minimum Gasteiger partial charge on any atom is -0.385 e. The minimum atomic E-state index is -3.29. The van der Waals surface area contributed by atoms with Gasteiger partial charge in [-0.2, -0.15) is 5.26 Å². The number of benzene rings is 1. The maximum Gasteiger partial charge on any atom is 0.179 e. The molecule has 0 aliphatic rings. The molecule has 0 aromatic heterocycles. The third-order valence-electron chi connectivity index (χ3n) is 2.97. The van der Waals surface area contributed by atoms with Crippen LogP contribution >= 0.6 is 0 Å². The molecule has 6 heteroatoms. The van der Waals surface area contributed by atoms with Crippen molar-refractivity contribution in [3.8, 4) is 6.07 Å². The molecular formula is C14H20N2O3S. The summed E-state index contributed by atoms with van der Waals surface area (Å²) < 4.78 is 29.2. The SMILES string of the molecule is COCCCN(C)CCS(=O)(=O)c1ccc(C#N)cc1. The minimum absolute atomic E-state index is 0.0718. The topological polar surface area (TPSA) is 70.4 Å².